The molecule has 0 N–H and O–H groups in total. The number of carbonyl (C=O) groups excluding carboxylic acids is 2. The Morgan fingerprint density at radius 2 is 2.00 bits per heavy atom. The summed E-state index contributed by atoms with van der Waals surface area (Å²) in [5.74, 6) is -0.454. The van der Waals surface area contributed by atoms with Crippen molar-refractivity contribution in [2.45, 2.75) is 33.3 Å². The fourth-order valence-corrected chi connectivity index (χ4v) is 0.602. The number of esters is 1. The van der Waals surface area contributed by atoms with Gasteiger partial charge in [-0.25, -0.2) is 0 Å². The molecule has 58 valence electrons. The van der Waals surface area contributed by atoms with Crippen LogP contribution in [0.3, 0.4) is 0 Å². The second-order valence-corrected chi connectivity index (χ2v) is 2.07. The highest BCUT2D eigenvalue weighted by molar-refractivity contribution is 5.84. The molecule has 0 amide bonds. The molecule has 1 atom stereocenters. The first-order valence-corrected chi connectivity index (χ1v) is 3.27. The summed E-state index contributed by atoms with van der Waals surface area (Å²) in [4.78, 5) is 21.1. The van der Waals surface area contributed by atoms with Crippen LogP contribution in [0.15, 0.2) is 0 Å². The van der Waals surface area contributed by atoms with Crippen LogP contribution in [0.25, 0.3) is 0 Å². The van der Waals surface area contributed by atoms with Gasteiger partial charge >= 0.3 is 5.97 Å². The van der Waals surface area contributed by atoms with Crippen LogP contribution < -0.4 is 0 Å². The molecule has 3 heteroatoms. The number of Topliss-reactive ketones (excluding diaryl/α,β-unsaturated/α-hetero) is 1. The third-order valence-corrected chi connectivity index (χ3v) is 1.14. The van der Waals surface area contributed by atoms with E-state index in [1.54, 1.807) is 13.8 Å². The number of rotatable bonds is 3. The molecule has 0 aliphatic heterocycles. The highest BCUT2D eigenvalue weighted by Crippen LogP contribution is 1.95. The maximum atomic E-state index is 10.8. The zero-order chi connectivity index (χ0) is 8.15. The molecule has 0 radical (unpaired) electrons. The Labute approximate surface area is 60.4 Å². The third kappa shape index (κ3) is 3.22. The standard InChI is InChI=1S/C7H12O3/c1-4-7(9)5(2)10-6(3)8/h5H,4H2,1-3H3. The summed E-state index contributed by atoms with van der Waals surface area (Å²) in [5, 5.41) is 0. The molecular weight excluding hydrogens is 132 g/mol. The molecule has 0 aliphatic rings. The van der Waals surface area contributed by atoms with Crippen LogP contribution in [0.4, 0.5) is 0 Å². The van der Waals surface area contributed by atoms with E-state index >= 15 is 0 Å². The molecule has 0 fully saturated rings. The van der Waals surface area contributed by atoms with E-state index in [9.17, 15) is 9.59 Å². The number of hydrogen-bond donors (Lipinski definition) is 0. The predicted octanol–water partition coefficient (Wildman–Crippen LogP) is 0.917. The van der Waals surface area contributed by atoms with Gasteiger partial charge in [0.1, 0.15) is 0 Å². The largest absolute Gasteiger partial charge is 0.455 e. The summed E-state index contributed by atoms with van der Waals surface area (Å²) >= 11 is 0. The lowest BCUT2D eigenvalue weighted by molar-refractivity contribution is -0.151. The molecule has 1 unspecified atom stereocenters. The van der Waals surface area contributed by atoms with Crippen molar-refractivity contribution in [3.8, 4) is 0 Å². The molecule has 0 spiro atoms. The van der Waals surface area contributed by atoms with Gasteiger partial charge in [0.2, 0.25) is 0 Å². The van der Waals surface area contributed by atoms with Gasteiger partial charge in [-0.15, -0.1) is 0 Å². The molecule has 0 bridgehead atoms. The van der Waals surface area contributed by atoms with Crippen LogP contribution in [0, 0.1) is 0 Å². The van der Waals surface area contributed by atoms with Gasteiger partial charge in [0.15, 0.2) is 11.9 Å². The molecule has 0 aromatic heterocycles. The molecule has 0 heterocycles. The molecule has 0 aromatic rings. The quantitative estimate of drug-likeness (QED) is 0.553. The SMILES string of the molecule is CCC(=O)C(C)OC(C)=O. The Morgan fingerprint density at radius 1 is 1.50 bits per heavy atom. The van der Waals surface area contributed by atoms with Gasteiger partial charge in [-0.05, 0) is 6.92 Å². The van der Waals surface area contributed by atoms with E-state index in [2.05, 4.69) is 4.74 Å². The fraction of sp³-hybridized carbons (Fsp3) is 0.714. The van der Waals surface area contributed by atoms with Crippen LogP contribution in [0.2, 0.25) is 0 Å². The van der Waals surface area contributed by atoms with Crippen molar-refractivity contribution in [2.24, 2.45) is 0 Å². The lowest BCUT2D eigenvalue weighted by Gasteiger charge is -2.07. The maximum Gasteiger partial charge on any atom is 0.303 e. The first-order chi connectivity index (χ1) is 4.57. The van der Waals surface area contributed by atoms with Crippen LogP contribution in [-0.4, -0.2) is 17.9 Å². The number of ether oxygens (including phenoxy) is 1. The van der Waals surface area contributed by atoms with Crippen LogP contribution in [0.1, 0.15) is 27.2 Å². The Kier molecular flexibility index (Phi) is 3.69. The normalized spacial score (nSPS) is 12.3. The van der Waals surface area contributed by atoms with Gasteiger partial charge in [0.25, 0.3) is 0 Å². The average Bonchev–Trinajstić information content (AvgIpc) is 1.85. The second kappa shape index (κ2) is 4.04. The second-order valence-electron chi connectivity index (χ2n) is 2.07. The van der Waals surface area contributed by atoms with E-state index < -0.39 is 12.1 Å². The minimum Gasteiger partial charge on any atom is -0.455 e. The molecule has 10 heavy (non-hydrogen) atoms. The van der Waals surface area contributed by atoms with Crippen molar-refractivity contribution in [2.75, 3.05) is 0 Å². The average molecular weight is 144 g/mol. The summed E-state index contributed by atoms with van der Waals surface area (Å²) in [6, 6.07) is 0. The molecule has 0 rings (SSSR count). The van der Waals surface area contributed by atoms with Crippen LogP contribution >= 0.6 is 0 Å². The van der Waals surface area contributed by atoms with E-state index in [1.807, 2.05) is 0 Å². The van der Waals surface area contributed by atoms with Crippen molar-refractivity contribution >= 4 is 11.8 Å². The minimum absolute atomic E-state index is 0.0461. The van der Waals surface area contributed by atoms with E-state index in [-0.39, 0.29) is 5.78 Å². The Hall–Kier alpha value is -0.860. The zero-order valence-electron chi connectivity index (χ0n) is 6.51. The highest BCUT2D eigenvalue weighted by Gasteiger charge is 2.12. The van der Waals surface area contributed by atoms with Crippen LogP contribution in [0.5, 0.6) is 0 Å². The summed E-state index contributed by atoms with van der Waals surface area (Å²) in [6.07, 6.45) is -0.170. The molecule has 0 aromatic carbocycles. The Balaban J connectivity index is 3.72. The highest BCUT2D eigenvalue weighted by atomic mass is 16.5. The smallest absolute Gasteiger partial charge is 0.303 e. The Morgan fingerprint density at radius 3 is 2.30 bits per heavy atom. The summed E-state index contributed by atoms with van der Waals surface area (Å²) in [6.45, 7) is 4.61. The van der Waals surface area contributed by atoms with Crippen molar-refractivity contribution in [3.63, 3.8) is 0 Å². The zero-order valence-corrected chi connectivity index (χ0v) is 6.51. The van der Waals surface area contributed by atoms with E-state index in [0.717, 1.165) is 0 Å². The van der Waals surface area contributed by atoms with Crippen molar-refractivity contribution in [1.29, 1.82) is 0 Å². The predicted molar refractivity (Wildman–Crippen MR) is 36.5 cm³/mol. The summed E-state index contributed by atoms with van der Waals surface area (Å²) in [7, 11) is 0. The van der Waals surface area contributed by atoms with Crippen molar-refractivity contribution in [3.05, 3.63) is 0 Å². The lowest BCUT2D eigenvalue weighted by Crippen LogP contribution is -2.21. The topological polar surface area (TPSA) is 43.4 Å². The first kappa shape index (κ1) is 9.14. The summed E-state index contributed by atoms with van der Waals surface area (Å²) in [5.41, 5.74) is 0. The number of carbonyl (C=O) groups is 2. The minimum atomic E-state index is -0.581. The number of hydrogen-bond acceptors (Lipinski definition) is 3. The monoisotopic (exact) mass is 144 g/mol. The molecule has 0 saturated carbocycles. The van der Waals surface area contributed by atoms with Gasteiger partial charge in [-0.2, -0.15) is 0 Å². The fourth-order valence-electron chi connectivity index (χ4n) is 0.602. The van der Waals surface area contributed by atoms with Gasteiger partial charge in [-0.3, -0.25) is 9.59 Å². The Bertz CT molecular complexity index is 140. The molecule has 0 saturated heterocycles. The van der Waals surface area contributed by atoms with Crippen molar-refractivity contribution in [1.82, 2.24) is 0 Å². The maximum absolute atomic E-state index is 10.8. The van der Waals surface area contributed by atoms with E-state index in [4.69, 9.17) is 0 Å². The molecule has 3 nitrogen and oxygen atoms in total. The van der Waals surface area contributed by atoms with Crippen molar-refractivity contribution < 1.29 is 14.3 Å². The third-order valence-electron chi connectivity index (χ3n) is 1.14. The van der Waals surface area contributed by atoms with Gasteiger partial charge < -0.3 is 4.74 Å². The number of ketones is 1. The first-order valence-electron chi connectivity index (χ1n) is 3.27. The van der Waals surface area contributed by atoms with Gasteiger partial charge in [0.05, 0.1) is 0 Å². The summed E-state index contributed by atoms with van der Waals surface area (Å²) < 4.78 is 4.61. The van der Waals surface area contributed by atoms with Gasteiger partial charge in [0, 0.05) is 13.3 Å². The van der Waals surface area contributed by atoms with E-state index in [0.29, 0.717) is 6.42 Å². The van der Waals surface area contributed by atoms with Crippen LogP contribution in [-0.2, 0) is 14.3 Å². The molecule has 0 aliphatic carbocycles. The van der Waals surface area contributed by atoms with Gasteiger partial charge in [-0.1, -0.05) is 6.92 Å². The molecular formula is C7H12O3. The van der Waals surface area contributed by atoms with E-state index in [1.165, 1.54) is 6.92 Å². The lowest BCUT2D eigenvalue weighted by atomic mass is 10.2.